The van der Waals surface area contributed by atoms with Crippen LogP contribution in [0, 0.1) is 19.7 Å². The van der Waals surface area contributed by atoms with E-state index in [0.29, 0.717) is 23.3 Å². The van der Waals surface area contributed by atoms with Gasteiger partial charge < -0.3 is 15.5 Å². The Morgan fingerprint density at radius 2 is 1.93 bits per heavy atom. The molecule has 2 aromatic carbocycles. The van der Waals surface area contributed by atoms with Crippen LogP contribution in [-0.2, 0) is 17.9 Å². The first-order valence-electron chi connectivity index (χ1n) is 9.34. The molecule has 1 amide bonds. The predicted molar refractivity (Wildman–Crippen MR) is 114 cm³/mol. The highest BCUT2D eigenvalue weighted by molar-refractivity contribution is 7.99. The minimum absolute atomic E-state index is 0.0351. The van der Waals surface area contributed by atoms with Crippen LogP contribution in [0.15, 0.2) is 47.6 Å². The highest BCUT2D eigenvalue weighted by atomic mass is 32.2. The fourth-order valence-electron chi connectivity index (χ4n) is 2.79. The smallest absolute Gasteiger partial charge is 0.233 e. The van der Waals surface area contributed by atoms with E-state index in [9.17, 15) is 9.18 Å². The lowest BCUT2D eigenvalue weighted by atomic mass is 10.1. The largest absolute Gasteiger partial charge is 0.486 e. The summed E-state index contributed by atoms with van der Waals surface area (Å²) in [5.41, 5.74) is 3.47. The molecule has 3 rings (SSSR count). The number of aryl methyl sites for hydroxylation is 2. The molecule has 0 aliphatic rings. The van der Waals surface area contributed by atoms with Gasteiger partial charge in [-0.25, -0.2) is 9.07 Å². The molecule has 0 radical (unpaired) electrons. The molecule has 1 aromatic heterocycles. The molecule has 0 unspecified atom stereocenters. The Labute approximate surface area is 179 Å². The maximum Gasteiger partial charge on any atom is 0.233 e. The SMILES string of the molecule is Cc1ccc(CN(C)C(=O)CSc2nnc(COc3ccc(F)cc3)n2N)c(C)c1. The summed E-state index contributed by atoms with van der Waals surface area (Å²) in [4.78, 5) is 14.2. The molecule has 7 nitrogen and oxygen atoms in total. The summed E-state index contributed by atoms with van der Waals surface area (Å²) in [6.07, 6.45) is 0. The third-order valence-corrected chi connectivity index (χ3v) is 5.50. The maximum atomic E-state index is 12.9. The standard InChI is InChI=1S/C21H24FN5O2S/c1-14-4-5-16(15(2)10-14)11-26(3)20(28)13-30-21-25-24-19(27(21)23)12-29-18-8-6-17(22)7-9-18/h4-10H,11-13,23H2,1-3H3. The van der Waals surface area contributed by atoms with Crippen LogP contribution < -0.4 is 10.6 Å². The fraction of sp³-hybridized carbons (Fsp3) is 0.286. The third kappa shape index (κ3) is 5.50. The number of nitrogens with two attached hydrogens (primary N) is 1. The van der Waals surface area contributed by atoms with Crippen molar-refractivity contribution >= 4 is 17.7 Å². The predicted octanol–water partition coefficient (Wildman–Crippen LogP) is 3.08. The highest BCUT2D eigenvalue weighted by Crippen LogP contribution is 2.18. The fourth-order valence-corrected chi connectivity index (χ4v) is 3.60. The number of thioether (sulfide) groups is 1. The number of amides is 1. The van der Waals surface area contributed by atoms with Gasteiger partial charge in [-0.15, -0.1) is 10.2 Å². The van der Waals surface area contributed by atoms with Gasteiger partial charge in [0.2, 0.25) is 11.1 Å². The first-order chi connectivity index (χ1) is 14.3. The Kier molecular flexibility index (Phi) is 6.94. The monoisotopic (exact) mass is 429 g/mol. The topological polar surface area (TPSA) is 86.3 Å². The lowest BCUT2D eigenvalue weighted by Gasteiger charge is -2.18. The molecule has 0 fully saturated rings. The molecule has 9 heteroatoms. The number of hydrogen-bond donors (Lipinski definition) is 1. The van der Waals surface area contributed by atoms with Crippen molar-refractivity contribution in [3.8, 4) is 5.75 Å². The minimum atomic E-state index is -0.338. The molecule has 30 heavy (non-hydrogen) atoms. The number of nitrogen functional groups attached to an aromatic ring is 1. The van der Waals surface area contributed by atoms with E-state index >= 15 is 0 Å². The molecule has 0 bridgehead atoms. The third-order valence-electron chi connectivity index (χ3n) is 4.57. The Morgan fingerprint density at radius 3 is 2.63 bits per heavy atom. The van der Waals surface area contributed by atoms with Gasteiger partial charge >= 0.3 is 0 Å². The van der Waals surface area contributed by atoms with Crippen LogP contribution in [0.25, 0.3) is 0 Å². The van der Waals surface area contributed by atoms with Crippen LogP contribution >= 0.6 is 11.8 Å². The molecular formula is C21H24FN5O2S. The Hall–Kier alpha value is -3.07. The molecule has 158 valence electrons. The van der Waals surface area contributed by atoms with Crippen molar-refractivity contribution in [1.82, 2.24) is 19.8 Å². The van der Waals surface area contributed by atoms with E-state index in [1.54, 1.807) is 11.9 Å². The molecule has 1 heterocycles. The quantitative estimate of drug-likeness (QED) is 0.437. The summed E-state index contributed by atoms with van der Waals surface area (Å²) in [5.74, 6) is 6.73. The normalized spacial score (nSPS) is 10.8. The second kappa shape index (κ2) is 9.62. The Bertz CT molecular complexity index is 1020. The molecule has 2 N–H and O–H groups in total. The van der Waals surface area contributed by atoms with Gasteiger partial charge in [-0.1, -0.05) is 35.5 Å². The van der Waals surface area contributed by atoms with Gasteiger partial charge in [0.25, 0.3) is 0 Å². The molecular weight excluding hydrogens is 405 g/mol. The molecule has 0 atom stereocenters. The summed E-state index contributed by atoms with van der Waals surface area (Å²) in [5, 5.41) is 8.44. The van der Waals surface area contributed by atoms with Crippen molar-refractivity contribution in [3.63, 3.8) is 0 Å². The average Bonchev–Trinajstić information content (AvgIpc) is 3.07. The maximum absolute atomic E-state index is 12.9. The zero-order valence-electron chi connectivity index (χ0n) is 17.1. The van der Waals surface area contributed by atoms with Crippen LogP contribution in [0.5, 0.6) is 5.75 Å². The van der Waals surface area contributed by atoms with Gasteiger partial charge in [0.05, 0.1) is 5.75 Å². The van der Waals surface area contributed by atoms with E-state index in [1.165, 1.54) is 46.3 Å². The van der Waals surface area contributed by atoms with Crippen LogP contribution in [0.1, 0.15) is 22.5 Å². The highest BCUT2D eigenvalue weighted by Gasteiger charge is 2.16. The van der Waals surface area contributed by atoms with Crippen molar-refractivity contribution in [3.05, 3.63) is 70.8 Å². The molecule has 0 aliphatic carbocycles. The number of aromatic nitrogens is 3. The second-order valence-electron chi connectivity index (χ2n) is 6.98. The number of carbonyl (C=O) groups is 1. The van der Waals surface area contributed by atoms with E-state index < -0.39 is 0 Å². The van der Waals surface area contributed by atoms with Crippen molar-refractivity contribution in [2.75, 3.05) is 18.6 Å². The van der Waals surface area contributed by atoms with Gasteiger partial charge in [0.1, 0.15) is 18.2 Å². The number of hydrogen-bond acceptors (Lipinski definition) is 6. The summed E-state index contributed by atoms with van der Waals surface area (Å²) < 4.78 is 19.8. The van der Waals surface area contributed by atoms with Crippen molar-refractivity contribution < 1.29 is 13.9 Å². The number of rotatable bonds is 8. The van der Waals surface area contributed by atoms with Crippen LogP contribution in [0.2, 0.25) is 0 Å². The first kappa shape index (κ1) is 21.6. The molecule has 3 aromatic rings. The van der Waals surface area contributed by atoms with Gasteiger partial charge in [-0.2, -0.15) is 0 Å². The summed E-state index contributed by atoms with van der Waals surface area (Å²) in [6.45, 7) is 4.71. The number of carbonyl (C=O) groups excluding carboxylic acids is 1. The van der Waals surface area contributed by atoms with Crippen LogP contribution in [0.3, 0.4) is 0 Å². The molecule has 0 saturated carbocycles. The van der Waals surface area contributed by atoms with E-state index in [1.807, 2.05) is 26.0 Å². The zero-order valence-corrected chi connectivity index (χ0v) is 17.9. The van der Waals surface area contributed by atoms with Gasteiger partial charge in [-0.05, 0) is 49.2 Å². The van der Waals surface area contributed by atoms with E-state index in [2.05, 4.69) is 16.3 Å². The van der Waals surface area contributed by atoms with Gasteiger partial charge in [0.15, 0.2) is 5.82 Å². The molecule has 0 spiro atoms. The first-order valence-corrected chi connectivity index (χ1v) is 10.3. The van der Waals surface area contributed by atoms with Gasteiger partial charge in [0, 0.05) is 13.6 Å². The van der Waals surface area contributed by atoms with Crippen LogP contribution in [-0.4, -0.2) is 38.5 Å². The second-order valence-corrected chi connectivity index (χ2v) is 7.92. The number of nitrogens with zero attached hydrogens (tertiary/aromatic N) is 4. The lowest BCUT2D eigenvalue weighted by Crippen LogP contribution is -2.28. The lowest BCUT2D eigenvalue weighted by molar-refractivity contribution is -0.127. The van der Waals surface area contributed by atoms with Crippen molar-refractivity contribution in [2.24, 2.45) is 0 Å². The number of halogens is 1. The zero-order chi connectivity index (χ0) is 21.7. The average molecular weight is 430 g/mol. The minimum Gasteiger partial charge on any atom is -0.486 e. The summed E-state index contributed by atoms with van der Waals surface area (Å²) >= 11 is 1.21. The molecule has 0 saturated heterocycles. The van der Waals surface area contributed by atoms with E-state index in [4.69, 9.17) is 10.6 Å². The summed E-state index contributed by atoms with van der Waals surface area (Å²) in [7, 11) is 1.78. The van der Waals surface area contributed by atoms with E-state index in [0.717, 1.165) is 11.1 Å². The number of ether oxygens (including phenoxy) is 1. The molecule has 0 aliphatic heterocycles. The van der Waals surface area contributed by atoms with Crippen molar-refractivity contribution in [1.29, 1.82) is 0 Å². The van der Waals surface area contributed by atoms with E-state index in [-0.39, 0.29) is 24.1 Å². The Balaban J connectivity index is 1.52. The van der Waals surface area contributed by atoms with Crippen LogP contribution in [0.4, 0.5) is 4.39 Å². The van der Waals surface area contributed by atoms with Crippen molar-refractivity contribution in [2.45, 2.75) is 32.2 Å². The van der Waals surface area contributed by atoms with Gasteiger partial charge in [-0.3, -0.25) is 4.79 Å². The number of benzene rings is 2. The Morgan fingerprint density at radius 1 is 1.20 bits per heavy atom. The summed E-state index contributed by atoms with van der Waals surface area (Å²) in [6, 6.07) is 11.9.